The topological polar surface area (TPSA) is 91.0 Å². The number of thioether (sulfide) groups is 1. The third kappa shape index (κ3) is 6.86. The van der Waals surface area contributed by atoms with Crippen LogP contribution in [0.1, 0.15) is 40.5 Å². The molecule has 1 heterocycles. The molecule has 0 amide bonds. The molecule has 0 aliphatic carbocycles. The van der Waals surface area contributed by atoms with Crippen LogP contribution in [0.2, 0.25) is 0 Å². The Balaban J connectivity index is 3.19. The minimum absolute atomic E-state index is 0.287. The fourth-order valence-electron chi connectivity index (χ4n) is 3.02. The predicted molar refractivity (Wildman–Crippen MR) is 121 cm³/mol. The van der Waals surface area contributed by atoms with Gasteiger partial charge >= 0.3 is 0 Å². The van der Waals surface area contributed by atoms with Gasteiger partial charge in [-0.15, -0.1) is 11.8 Å². The average molecular weight is 430 g/mol. The lowest BCUT2D eigenvalue weighted by atomic mass is 9.91. The lowest BCUT2D eigenvalue weighted by molar-refractivity contribution is 0.370. The Hall–Kier alpha value is -1.45. The number of hydrazone groups is 1. The van der Waals surface area contributed by atoms with Crippen LogP contribution in [-0.4, -0.2) is 56.2 Å². The van der Waals surface area contributed by atoms with Gasteiger partial charge in [-0.1, -0.05) is 13.8 Å². The molecule has 160 valence electrons. The van der Waals surface area contributed by atoms with Gasteiger partial charge < -0.3 is 11.1 Å². The van der Waals surface area contributed by atoms with Crippen molar-refractivity contribution in [1.82, 2.24) is 14.6 Å². The van der Waals surface area contributed by atoms with Crippen LogP contribution in [0, 0.1) is 5.92 Å². The molecule has 0 aromatic heterocycles. The van der Waals surface area contributed by atoms with Crippen molar-refractivity contribution >= 4 is 27.5 Å². The molecule has 0 bridgehead atoms. The second kappa shape index (κ2) is 10.9. The molecule has 1 aliphatic rings. The minimum Gasteiger partial charge on any atom is -0.401 e. The Bertz CT molecular complexity index is 761. The summed E-state index contributed by atoms with van der Waals surface area (Å²) in [6.07, 6.45) is 7.37. The molecule has 0 fully saturated rings. The largest absolute Gasteiger partial charge is 0.401 e. The summed E-state index contributed by atoms with van der Waals surface area (Å²) in [5.74, 6) is 0.794. The standard InChI is InChI=1S/C19H35N5O2S2/c1-8-16(9-2)17-10-14(3)22-24(12-17)19(15(4)20)18(11-21-5)27-13-23(6)28(7,25)26/h10-11,16,21H,8-9,12-13,20H2,1-7H3/b18-11-,19-15-. The van der Waals surface area contributed by atoms with Crippen molar-refractivity contribution < 1.29 is 8.42 Å². The SMILES string of the molecule is CCC(CC)C1=CC(C)=NN(C(/C(=C/NC)SCN(C)S(C)(=O)=O)=C(/C)N)C1. The first-order valence-electron chi connectivity index (χ1n) is 9.46. The van der Waals surface area contributed by atoms with Crippen molar-refractivity contribution in [1.29, 1.82) is 0 Å². The number of hydrogen-bond acceptors (Lipinski definition) is 7. The van der Waals surface area contributed by atoms with Gasteiger partial charge in [0.15, 0.2) is 0 Å². The molecule has 7 nitrogen and oxygen atoms in total. The summed E-state index contributed by atoms with van der Waals surface area (Å²) in [6.45, 7) is 8.92. The predicted octanol–water partition coefficient (Wildman–Crippen LogP) is 2.87. The molecule has 0 saturated heterocycles. The van der Waals surface area contributed by atoms with Crippen LogP contribution in [0.15, 0.2) is 39.2 Å². The first-order chi connectivity index (χ1) is 13.0. The molecular weight excluding hydrogens is 394 g/mol. The lowest BCUT2D eigenvalue weighted by Gasteiger charge is -2.32. The van der Waals surface area contributed by atoms with E-state index < -0.39 is 10.0 Å². The van der Waals surface area contributed by atoms with Crippen LogP contribution < -0.4 is 11.1 Å². The molecule has 28 heavy (non-hydrogen) atoms. The number of allylic oxidation sites excluding steroid dienone is 2. The molecule has 0 aromatic carbocycles. The van der Waals surface area contributed by atoms with Crippen molar-refractivity contribution in [2.45, 2.75) is 40.5 Å². The maximum absolute atomic E-state index is 11.7. The van der Waals surface area contributed by atoms with Crippen molar-refractivity contribution in [3.05, 3.63) is 34.1 Å². The number of nitrogens with two attached hydrogens (primary N) is 1. The third-order valence-electron chi connectivity index (χ3n) is 4.62. The average Bonchev–Trinajstić information content (AvgIpc) is 2.59. The Morgan fingerprint density at radius 3 is 2.54 bits per heavy atom. The van der Waals surface area contributed by atoms with Crippen molar-refractivity contribution in [3.63, 3.8) is 0 Å². The van der Waals surface area contributed by atoms with Crippen LogP contribution >= 0.6 is 11.8 Å². The minimum atomic E-state index is -3.25. The molecule has 1 aliphatic heterocycles. The number of rotatable bonds is 10. The first kappa shape index (κ1) is 24.6. The summed E-state index contributed by atoms with van der Waals surface area (Å²) in [7, 11) is 0.122. The fraction of sp³-hybridized carbons (Fsp3) is 0.632. The van der Waals surface area contributed by atoms with Gasteiger partial charge in [0.1, 0.15) is 0 Å². The number of sulfonamides is 1. The smallest absolute Gasteiger partial charge is 0.211 e. The summed E-state index contributed by atoms with van der Waals surface area (Å²) in [6, 6.07) is 0. The van der Waals surface area contributed by atoms with Crippen molar-refractivity contribution in [3.8, 4) is 0 Å². The van der Waals surface area contributed by atoms with Crippen LogP contribution in [0.4, 0.5) is 0 Å². The molecular formula is C19H35N5O2S2. The zero-order valence-corrected chi connectivity index (χ0v) is 19.7. The van der Waals surface area contributed by atoms with E-state index in [1.165, 1.54) is 27.9 Å². The molecule has 1 rings (SSSR count). The molecule has 0 atom stereocenters. The highest BCUT2D eigenvalue weighted by Gasteiger charge is 2.24. The van der Waals surface area contributed by atoms with Crippen molar-refractivity contribution in [2.75, 3.05) is 32.8 Å². The van der Waals surface area contributed by atoms with Crippen LogP contribution in [-0.2, 0) is 10.0 Å². The second-order valence-corrected chi connectivity index (χ2v) is 10.1. The zero-order chi connectivity index (χ0) is 21.5. The van der Waals surface area contributed by atoms with E-state index in [0.717, 1.165) is 29.2 Å². The molecule has 3 N–H and O–H groups in total. The Morgan fingerprint density at radius 1 is 1.46 bits per heavy atom. The molecule has 0 aromatic rings. The molecule has 0 radical (unpaired) electrons. The number of nitrogens with zero attached hydrogens (tertiary/aromatic N) is 3. The van der Waals surface area contributed by atoms with Crippen LogP contribution in [0.25, 0.3) is 0 Å². The molecule has 0 spiro atoms. The first-order valence-corrected chi connectivity index (χ1v) is 12.3. The van der Waals surface area contributed by atoms with E-state index in [1.807, 2.05) is 32.1 Å². The van der Waals surface area contributed by atoms with Gasteiger partial charge in [-0.25, -0.2) is 8.42 Å². The highest BCUT2D eigenvalue weighted by atomic mass is 32.2. The highest BCUT2D eigenvalue weighted by Crippen LogP contribution is 2.32. The van der Waals surface area contributed by atoms with Gasteiger partial charge in [0.2, 0.25) is 10.0 Å². The van der Waals surface area contributed by atoms with Gasteiger partial charge in [0.25, 0.3) is 0 Å². The molecule has 9 heteroatoms. The highest BCUT2D eigenvalue weighted by molar-refractivity contribution is 8.03. The summed E-state index contributed by atoms with van der Waals surface area (Å²) in [5, 5.41) is 9.69. The summed E-state index contributed by atoms with van der Waals surface area (Å²) in [4.78, 5) is 0.848. The number of hydrogen-bond donors (Lipinski definition) is 2. The van der Waals surface area contributed by atoms with E-state index in [1.54, 1.807) is 7.05 Å². The van der Waals surface area contributed by atoms with Gasteiger partial charge in [0, 0.05) is 26.0 Å². The summed E-state index contributed by atoms with van der Waals surface area (Å²) >= 11 is 1.41. The lowest BCUT2D eigenvalue weighted by Crippen LogP contribution is -2.30. The normalized spacial score (nSPS) is 16.9. The Kier molecular flexibility index (Phi) is 9.59. The monoisotopic (exact) mass is 429 g/mol. The van der Waals surface area contributed by atoms with Gasteiger partial charge in [-0.3, -0.25) is 5.01 Å². The van der Waals surface area contributed by atoms with Gasteiger partial charge in [-0.05, 0) is 44.3 Å². The van der Waals surface area contributed by atoms with E-state index in [-0.39, 0.29) is 5.88 Å². The van der Waals surface area contributed by atoms with E-state index in [4.69, 9.17) is 10.8 Å². The van der Waals surface area contributed by atoms with Crippen LogP contribution in [0.3, 0.4) is 0 Å². The summed E-state index contributed by atoms with van der Waals surface area (Å²) in [5.41, 5.74) is 9.98. The number of nitrogens with one attached hydrogen (secondary N) is 1. The third-order valence-corrected chi connectivity index (χ3v) is 7.19. The maximum Gasteiger partial charge on any atom is 0.211 e. The van der Waals surface area contributed by atoms with E-state index >= 15 is 0 Å². The molecule has 0 unspecified atom stereocenters. The summed E-state index contributed by atoms with van der Waals surface area (Å²) < 4.78 is 24.8. The maximum atomic E-state index is 11.7. The van der Waals surface area contributed by atoms with Crippen LogP contribution in [0.5, 0.6) is 0 Å². The molecule has 0 saturated carbocycles. The van der Waals surface area contributed by atoms with E-state index in [2.05, 4.69) is 25.2 Å². The van der Waals surface area contributed by atoms with Gasteiger partial charge in [-0.2, -0.15) is 9.41 Å². The quantitative estimate of drug-likeness (QED) is 0.410. The zero-order valence-electron chi connectivity index (χ0n) is 18.1. The van der Waals surface area contributed by atoms with Crippen molar-refractivity contribution in [2.24, 2.45) is 16.8 Å². The van der Waals surface area contributed by atoms with Gasteiger partial charge in [0.05, 0.1) is 35.0 Å². The Labute approximate surface area is 174 Å². The van der Waals surface area contributed by atoms with E-state index in [9.17, 15) is 8.42 Å². The fourth-order valence-corrected chi connectivity index (χ4v) is 4.87. The van der Waals surface area contributed by atoms with E-state index in [0.29, 0.717) is 18.2 Å². The second-order valence-electron chi connectivity index (χ2n) is 6.99. The Morgan fingerprint density at radius 2 is 2.07 bits per heavy atom.